The van der Waals surface area contributed by atoms with Gasteiger partial charge >= 0.3 is 0 Å². The van der Waals surface area contributed by atoms with Crippen LogP contribution in [-0.2, 0) is 0 Å². The van der Waals surface area contributed by atoms with Crippen LogP contribution in [0.4, 0.5) is 13.2 Å². The van der Waals surface area contributed by atoms with E-state index in [4.69, 9.17) is 0 Å². The van der Waals surface area contributed by atoms with Crippen molar-refractivity contribution >= 4 is 11.4 Å². The predicted molar refractivity (Wildman–Crippen MR) is 93.1 cm³/mol. The number of hydrogen-bond acceptors (Lipinski definition) is 3. The van der Waals surface area contributed by atoms with Crippen molar-refractivity contribution < 1.29 is 13.2 Å². The molecule has 1 aliphatic carbocycles. The van der Waals surface area contributed by atoms with Crippen molar-refractivity contribution in [2.24, 2.45) is 16.1 Å². The number of allylic oxidation sites excluding steroid dienone is 6. The van der Waals surface area contributed by atoms with Crippen LogP contribution in [0.2, 0.25) is 0 Å². The van der Waals surface area contributed by atoms with Gasteiger partial charge in [0.1, 0.15) is 11.5 Å². The molecule has 3 nitrogen and oxygen atoms in total. The summed E-state index contributed by atoms with van der Waals surface area (Å²) in [4.78, 5) is 1.84. The monoisotopic (exact) mass is 345 g/mol. The Morgan fingerprint density at radius 2 is 2.16 bits per heavy atom. The van der Waals surface area contributed by atoms with Gasteiger partial charge in [-0.3, -0.25) is 0 Å². The highest BCUT2D eigenvalue weighted by atomic mass is 19.3. The molecule has 130 valence electrons. The van der Waals surface area contributed by atoms with Gasteiger partial charge in [0.15, 0.2) is 0 Å². The van der Waals surface area contributed by atoms with E-state index in [1.54, 1.807) is 18.4 Å². The van der Waals surface area contributed by atoms with Crippen LogP contribution >= 0.6 is 0 Å². The average Bonchev–Trinajstić information content (AvgIpc) is 3.09. The third-order valence-electron chi connectivity index (χ3n) is 4.45. The maximum absolute atomic E-state index is 14.1. The molecule has 0 fully saturated rings. The Hall–Kier alpha value is -2.59. The first-order valence-corrected chi connectivity index (χ1v) is 8.03. The van der Waals surface area contributed by atoms with E-state index < -0.39 is 6.43 Å². The van der Waals surface area contributed by atoms with Crippen LogP contribution in [0.3, 0.4) is 0 Å². The molecule has 0 saturated carbocycles. The van der Waals surface area contributed by atoms with Gasteiger partial charge in [0, 0.05) is 24.7 Å². The van der Waals surface area contributed by atoms with Crippen molar-refractivity contribution in [1.82, 2.24) is 4.90 Å². The number of halogens is 3. The second kappa shape index (κ2) is 7.11. The number of rotatable bonds is 4. The second-order valence-electron chi connectivity index (χ2n) is 6.13. The highest BCUT2D eigenvalue weighted by Gasteiger charge is 2.25. The lowest BCUT2D eigenvalue weighted by molar-refractivity contribution is 0.224. The highest BCUT2D eigenvalue weighted by Crippen LogP contribution is 2.29. The predicted octanol–water partition coefficient (Wildman–Crippen LogP) is 4.70. The molecule has 0 amide bonds. The van der Waals surface area contributed by atoms with Crippen molar-refractivity contribution in [2.75, 3.05) is 6.54 Å². The maximum atomic E-state index is 14.1. The van der Waals surface area contributed by atoms with E-state index >= 15 is 0 Å². The van der Waals surface area contributed by atoms with Gasteiger partial charge in [-0.1, -0.05) is 19.6 Å². The molecule has 0 bridgehead atoms. The van der Waals surface area contributed by atoms with E-state index in [-0.39, 0.29) is 23.9 Å². The standard InChI is InChI=1S/C19H18F3N3/c1-3-14-9-13(17-10-18(19(21)22)24-23-17)7-8-25(14)11-15-12(2)5-4-6-16(15)20/h4,6-9,12,19H,1,5,10-11H2,2H3. The lowest BCUT2D eigenvalue weighted by atomic mass is 9.91. The van der Waals surface area contributed by atoms with Crippen LogP contribution in [0.25, 0.3) is 0 Å². The summed E-state index contributed by atoms with van der Waals surface area (Å²) >= 11 is 0. The Bertz CT molecular complexity index is 806. The number of hydrogen-bond donors (Lipinski definition) is 0. The van der Waals surface area contributed by atoms with Gasteiger partial charge in [0.2, 0.25) is 0 Å². The Balaban J connectivity index is 1.76. The second-order valence-corrected chi connectivity index (χ2v) is 6.13. The molecule has 1 unspecified atom stereocenters. The zero-order valence-corrected chi connectivity index (χ0v) is 13.8. The van der Waals surface area contributed by atoms with Crippen molar-refractivity contribution in [3.05, 3.63) is 65.5 Å². The summed E-state index contributed by atoms with van der Waals surface area (Å²) in [7, 11) is 0. The quantitative estimate of drug-likeness (QED) is 0.679. The van der Waals surface area contributed by atoms with Gasteiger partial charge in [0.05, 0.1) is 11.4 Å². The minimum Gasteiger partial charge on any atom is -0.337 e. The molecular weight excluding hydrogens is 327 g/mol. The van der Waals surface area contributed by atoms with Crippen molar-refractivity contribution in [1.29, 1.82) is 0 Å². The molecule has 2 heterocycles. The summed E-state index contributed by atoms with van der Waals surface area (Å²) in [5.41, 5.74) is 5.13. The van der Waals surface area contributed by atoms with Crippen molar-refractivity contribution in [2.45, 2.75) is 26.2 Å². The molecule has 1 atom stereocenters. The minimum absolute atomic E-state index is 0.0277. The molecule has 0 N–H and O–H groups in total. The van der Waals surface area contributed by atoms with Gasteiger partial charge in [-0.05, 0) is 36.1 Å². The Morgan fingerprint density at radius 3 is 2.80 bits per heavy atom. The molecule has 0 aromatic heterocycles. The van der Waals surface area contributed by atoms with E-state index in [1.807, 2.05) is 17.9 Å². The summed E-state index contributed by atoms with van der Waals surface area (Å²) in [5, 5.41) is 7.37. The molecule has 2 aliphatic heterocycles. The molecule has 6 heteroatoms. The third-order valence-corrected chi connectivity index (χ3v) is 4.45. The first-order valence-electron chi connectivity index (χ1n) is 8.03. The topological polar surface area (TPSA) is 28.0 Å². The van der Waals surface area contributed by atoms with Crippen LogP contribution in [-0.4, -0.2) is 29.3 Å². The lowest BCUT2D eigenvalue weighted by Crippen LogP contribution is -2.25. The summed E-state index contributed by atoms with van der Waals surface area (Å²) in [5.74, 6) is -0.0865. The van der Waals surface area contributed by atoms with Gasteiger partial charge in [-0.2, -0.15) is 10.2 Å². The van der Waals surface area contributed by atoms with E-state index in [0.717, 1.165) is 12.0 Å². The van der Waals surface area contributed by atoms with E-state index in [2.05, 4.69) is 22.5 Å². The molecule has 0 saturated heterocycles. The lowest BCUT2D eigenvalue weighted by Gasteiger charge is -2.28. The van der Waals surface area contributed by atoms with Gasteiger partial charge < -0.3 is 4.90 Å². The smallest absolute Gasteiger partial charge is 0.278 e. The van der Waals surface area contributed by atoms with Crippen LogP contribution < -0.4 is 0 Å². The third kappa shape index (κ3) is 3.59. The van der Waals surface area contributed by atoms with E-state index in [9.17, 15) is 13.2 Å². The Morgan fingerprint density at radius 1 is 1.36 bits per heavy atom. The molecule has 0 spiro atoms. The summed E-state index contributed by atoms with van der Waals surface area (Å²) in [6, 6.07) is 0. The van der Waals surface area contributed by atoms with Gasteiger partial charge in [-0.25, -0.2) is 13.2 Å². The maximum Gasteiger partial charge on any atom is 0.278 e. The fourth-order valence-electron chi connectivity index (χ4n) is 2.92. The van der Waals surface area contributed by atoms with Crippen LogP contribution in [0, 0.1) is 5.92 Å². The highest BCUT2D eigenvalue weighted by molar-refractivity contribution is 6.17. The SMILES string of the molecule is C=C=C1C=C(C2=NN=C(C(F)F)C2)C=CN1CC1=C(F)C=CCC1C. The zero-order valence-electron chi connectivity index (χ0n) is 13.8. The summed E-state index contributed by atoms with van der Waals surface area (Å²) in [6.07, 6.45) is 6.87. The van der Waals surface area contributed by atoms with Crippen LogP contribution in [0.1, 0.15) is 19.8 Å². The molecular formula is C19H18F3N3. The fourth-order valence-corrected chi connectivity index (χ4v) is 2.92. The summed E-state index contributed by atoms with van der Waals surface area (Å²) in [6.45, 7) is 6.05. The average molecular weight is 345 g/mol. The Labute approximate surface area is 144 Å². The van der Waals surface area contributed by atoms with Crippen molar-refractivity contribution in [3.8, 4) is 0 Å². The van der Waals surface area contributed by atoms with Crippen molar-refractivity contribution in [3.63, 3.8) is 0 Å². The normalized spacial score (nSPS) is 23.1. The van der Waals surface area contributed by atoms with Crippen LogP contribution in [0.5, 0.6) is 0 Å². The fraction of sp³-hybridized carbons (Fsp3) is 0.316. The number of nitrogens with zero attached hydrogens (tertiary/aromatic N) is 3. The largest absolute Gasteiger partial charge is 0.337 e. The molecule has 3 rings (SSSR count). The molecule has 0 aromatic carbocycles. The Kier molecular flexibility index (Phi) is 4.91. The summed E-state index contributed by atoms with van der Waals surface area (Å²) < 4.78 is 39.5. The molecule has 0 radical (unpaired) electrons. The molecule has 25 heavy (non-hydrogen) atoms. The first-order chi connectivity index (χ1) is 12.0. The first kappa shape index (κ1) is 17.2. The minimum atomic E-state index is -2.60. The zero-order chi connectivity index (χ0) is 18.0. The van der Waals surface area contributed by atoms with E-state index in [1.165, 1.54) is 6.08 Å². The van der Waals surface area contributed by atoms with Gasteiger partial charge in [0.25, 0.3) is 6.43 Å². The number of alkyl halides is 2. The van der Waals surface area contributed by atoms with E-state index in [0.29, 0.717) is 23.5 Å². The molecule has 0 aromatic rings. The van der Waals surface area contributed by atoms with Crippen LogP contribution in [0.15, 0.2) is 75.7 Å². The molecule has 3 aliphatic rings. The van der Waals surface area contributed by atoms with Gasteiger partial charge in [-0.15, -0.1) is 5.73 Å².